The van der Waals surface area contributed by atoms with Gasteiger partial charge in [0.2, 0.25) is 0 Å². The van der Waals surface area contributed by atoms with Gasteiger partial charge < -0.3 is 15.8 Å². The van der Waals surface area contributed by atoms with Gasteiger partial charge in [0.05, 0.1) is 17.8 Å². The van der Waals surface area contributed by atoms with Crippen LogP contribution in [0.25, 0.3) is 5.69 Å². The fourth-order valence-electron chi connectivity index (χ4n) is 4.42. The van der Waals surface area contributed by atoms with Crippen molar-refractivity contribution in [1.29, 1.82) is 0 Å². The third-order valence-corrected chi connectivity index (χ3v) is 6.35. The minimum absolute atomic E-state index is 0. The Labute approximate surface area is 200 Å². The predicted octanol–water partition coefficient (Wildman–Crippen LogP) is 3.44. The maximum atomic E-state index is 6.77. The molecule has 9 heteroatoms. The molecule has 0 spiro atoms. The van der Waals surface area contributed by atoms with Crippen LogP contribution < -0.4 is 15.8 Å². The summed E-state index contributed by atoms with van der Waals surface area (Å²) in [4.78, 5) is 0. The van der Waals surface area contributed by atoms with E-state index >= 15 is 0 Å². The Morgan fingerprint density at radius 1 is 1.09 bits per heavy atom. The summed E-state index contributed by atoms with van der Waals surface area (Å²) in [6.07, 6.45) is 6.96. The van der Waals surface area contributed by atoms with Crippen LogP contribution in [-0.2, 0) is 12.0 Å². The molecule has 7 nitrogen and oxygen atoms in total. The summed E-state index contributed by atoms with van der Waals surface area (Å²) >= 11 is 0. The molecule has 1 saturated carbocycles. The summed E-state index contributed by atoms with van der Waals surface area (Å²) in [5.41, 5.74) is 9.69. The Bertz CT molecular complexity index is 983. The van der Waals surface area contributed by atoms with E-state index in [1.807, 2.05) is 18.2 Å². The first kappa shape index (κ1) is 24.5. The summed E-state index contributed by atoms with van der Waals surface area (Å²) in [7, 11) is 0. The molecule has 1 saturated heterocycles. The van der Waals surface area contributed by atoms with Gasteiger partial charge in [-0.2, -0.15) is 0 Å². The molecule has 0 radical (unpaired) electrons. The molecule has 1 aromatic heterocycles. The number of nitrogens with one attached hydrogen (secondary N) is 1. The highest BCUT2D eigenvalue weighted by atomic mass is 35.5. The Balaban J connectivity index is 0.00000144. The molecule has 5 rings (SSSR count). The van der Waals surface area contributed by atoms with E-state index in [0.29, 0.717) is 5.92 Å². The van der Waals surface area contributed by atoms with Crippen molar-refractivity contribution in [2.45, 2.75) is 43.7 Å². The lowest BCUT2D eigenvalue weighted by atomic mass is 9.74. The van der Waals surface area contributed by atoms with Crippen molar-refractivity contribution in [3.63, 3.8) is 0 Å². The van der Waals surface area contributed by atoms with Crippen LogP contribution in [-0.4, -0.2) is 39.4 Å². The third-order valence-electron chi connectivity index (χ3n) is 6.35. The van der Waals surface area contributed by atoms with Crippen molar-refractivity contribution in [2.75, 3.05) is 13.2 Å². The van der Waals surface area contributed by atoms with Gasteiger partial charge in [-0.25, -0.2) is 4.68 Å². The number of aromatic nitrogens is 4. The van der Waals surface area contributed by atoms with Gasteiger partial charge in [-0.15, -0.1) is 29.9 Å². The van der Waals surface area contributed by atoms with E-state index < -0.39 is 0 Å². The van der Waals surface area contributed by atoms with Gasteiger partial charge in [-0.3, -0.25) is 0 Å². The molecule has 3 N–H and O–H groups in total. The lowest BCUT2D eigenvalue weighted by molar-refractivity contribution is 0.211. The van der Waals surface area contributed by atoms with Crippen molar-refractivity contribution in [1.82, 2.24) is 25.5 Å². The van der Waals surface area contributed by atoms with E-state index in [9.17, 15) is 0 Å². The zero-order valence-electron chi connectivity index (χ0n) is 17.9. The Kier molecular flexibility index (Phi) is 8.11. The number of rotatable bonds is 7. The minimum atomic E-state index is -0.337. The summed E-state index contributed by atoms with van der Waals surface area (Å²) in [5.74, 6) is 1.61. The second kappa shape index (κ2) is 10.6. The Morgan fingerprint density at radius 3 is 2.59 bits per heavy atom. The van der Waals surface area contributed by atoms with E-state index in [1.165, 1.54) is 18.4 Å². The highest BCUT2D eigenvalue weighted by Crippen LogP contribution is 2.37. The number of benzene rings is 2. The van der Waals surface area contributed by atoms with Crippen molar-refractivity contribution in [3.8, 4) is 11.4 Å². The van der Waals surface area contributed by atoms with Crippen LogP contribution in [0.15, 0.2) is 54.9 Å². The van der Waals surface area contributed by atoms with Crippen LogP contribution >= 0.6 is 24.8 Å². The van der Waals surface area contributed by atoms with Crippen molar-refractivity contribution in [2.24, 2.45) is 11.7 Å². The molecule has 172 valence electrons. The van der Waals surface area contributed by atoms with E-state index in [2.05, 4.69) is 51.2 Å². The Morgan fingerprint density at radius 2 is 1.91 bits per heavy atom. The average Bonchev–Trinajstić information content (AvgIpc) is 3.45. The predicted molar refractivity (Wildman–Crippen MR) is 129 cm³/mol. The summed E-state index contributed by atoms with van der Waals surface area (Å²) in [5, 5.41) is 15.4. The van der Waals surface area contributed by atoms with Crippen LogP contribution in [0.1, 0.15) is 36.8 Å². The van der Waals surface area contributed by atoms with Crippen LogP contribution in [0.3, 0.4) is 0 Å². The van der Waals surface area contributed by atoms with Crippen LogP contribution in [0.5, 0.6) is 5.75 Å². The number of ether oxygens (including phenoxy) is 1. The number of nitrogens with two attached hydrogens (primary N) is 1. The maximum Gasteiger partial charge on any atom is 0.143 e. The number of hydrogen-bond acceptors (Lipinski definition) is 6. The van der Waals surface area contributed by atoms with Crippen molar-refractivity contribution in [3.05, 3.63) is 66.0 Å². The fourth-order valence-corrected chi connectivity index (χ4v) is 4.42. The molecule has 1 aliphatic heterocycles. The lowest BCUT2D eigenvalue weighted by Crippen LogP contribution is -2.60. The second-order valence-corrected chi connectivity index (χ2v) is 8.49. The highest BCUT2D eigenvalue weighted by molar-refractivity contribution is 5.85. The molecular formula is C23H30Cl2N6O. The van der Waals surface area contributed by atoms with Gasteiger partial charge >= 0.3 is 0 Å². The molecule has 0 bridgehead atoms. The van der Waals surface area contributed by atoms with Gasteiger partial charge in [-0.05, 0) is 84.3 Å². The molecule has 2 aliphatic rings. The van der Waals surface area contributed by atoms with E-state index in [0.717, 1.165) is 49.4 Å². The van der Waals surface area contributed by atoms with E-state index in [-0.39, 0.29) is 36.4 Å². The standard InChI is InChI=1S/C23H28N6O.2ClH/c24-22-7-4-12-25-23(22,19-5-2-1-3-6-19)14-18-13-20(29-16-26-27-28-29)10-11-21(18)30-15-17-8-9-17;;/h1-3,5-6,10-11,13,16-17,22,25H,4,7-9,12,14-15,24H2;2*1H/t22-,23-;;/m0../s1. The molecule has 0 unspecified atom stereocenters. The zero-order valence-corrected chi connectivity index (χ0v) is 19.5. The van der Waals surface area contributed by atoms with Gasteiger partial charge in [-0.1, -0.05) is 30.3 Å². The molecule has 2 heterocycles. The normalized spacial score (nSPS) is 22.5. The number of hydrogen-bond donors (Lipinski definition) is 2. The topological polar surface area (TPSA) is 90.9 Å². The van der Waals surface area contributed by atoms with Crippen molar-refractivity contribution < 1.29 is 4.74 Å². The zero-order chi connectivity index (χ0) is 20.4. The van der Waals surface area contributed by atoms with Gasteiger partial charge in [0.1, 0.15) is 12.1 Å². The molecule has 3 aromatic rings. The molecule has 2 atom stereocenters. The van der Waals surface area contributed by atoms with Gasteiger partial charge in [0.25, 0.3) is 0 Å². The molecule has 2 aromatic carbocycles. The van der Waals surface area contributed by atoms with E-state index in [1.54, 1.807) is 11.0 Å². The minimum Gasteiger partial charge on any atom is -0.493 e. The van der Waals surface area contributed by atoms with Crippen LogP contribution in [0.2, 0.25) is 0 Å². The smallest absolute Gasteiger partial charge is 0.143 e. The summed E-state index contributed by atoms with van der Waals surface area (Å²) < 4.78 is 7.94. The SMILES string of the molecule is Cl.Cl.N[C@H]1CCCN[C@@]1(Cc1cc(-n2cnnn2)ccc1OCC1CC1)c1ccccc1. The maximum absolute atomic E-state index is 6.77. The molecular weight excluding hydrogens is 447 g/mol. The molecule has 1 aliphatic carbocycles. The number of halogens is 2. The van der Waals surface area contributed by atoms with Crippen LogP contribution in [0, 0.1) is 5.92 Å². The average molecular weight is 477 g/mol. The largest absolute Gasteiger partial charge is 0.493 e. The number of nitrogens with zero attached hydrogens (tertiary/aromatic N) is 4. The number of piperidine rings is 1. The van der Waals surface area contributed by atoms with Gasteiger partial charge in [0, 0.05) is 6.04 Å². The van der Waals surface area contributed by atoms with E-state index in [4.69, 9.17) is 10.5 Å². The van der Waals surface area contributed by atoms with Crippen molar-refractivity contribution >= 4 is 24.8 Å². The van der Waals surface area contributed by atoms with Crippen LogP contribution in [0.4, 0.5) is 0 Å². The third kappa shape index (κ3) is 5.07. The summed E-state index contributed by atoms with van der Waals surface area (Å²) in [6, 6.07) is 16.8. The summed E-state index contributed by atoms with van der Waals surface area (Å²) in [6.45, 7) is 1.72. The monoisotopic (exact) mass is 476 g/mol. The fraction of sp³-hybridized carbons (Fsp3) is 0.435. The molecule has 0 amide bonds. The number of tetrazole rings is 1. The highest BCUT2D eigenvalue weighted by Gasteiger charge is 2.41. The molecule has 2 fully saturated rings. The Hall–Kier alpha value is -2.19. The lowest BCUT2D eigenvalue weighted by Gasteiger charge is -2.44. The first-order chi connectivity index (χ1) is 14.7. The first-order valence-electron chi connectivity index (χ1n) is 10.8. The molecule has 32 heavy (non-hydrogen) atoms. The second-order valence-electron chi connectivity index (χ2n) is 8.49. The quantitative estimate of drug-likeness (QED) is 0.542. The first-order valence-corrected chi connectivity index (χ1v) is 10.8. The van der Waals surface area contributed by atoms with Gasteiger partial charge in [0.15, 0.2) is 0 Å².